The second-order valence-electron chi connectivity index (χ2n) is 5.71. The molecule has 0 saturated heterocycles. The quantitative estimate of drug-likeness (QED) is 0.763. The number of hydrogen-bond acceptors (Lipinski definition) is 2. The molecule has 0 aromatic heterocycles. The standard InChI is InChI=1S/C20H24FNOS/c1-3-15-5-8-17(4-2)18(11-15)12-22-20(23)14-24-13-16-6-9-19(21)10-7-16/h5-11H,3-4,12-14H2,1-2H3,(H,22,23). The number of thioether (sulfide) groups is 1. The highest BCUT2D eigenvalue weighted by Gasteiger charge is 2.06. The van der Waals surface area contributed by atoms with E-state index in [1.165, 1.54) is 40.6 Å². The van der Waals surface area contributed by atoms with Crippen molar-refractivity contribution in [2.24, 2.45) is 0 Å². The molecular formula is C20H24FNOS. The topological polar surface area (TPSA) is 29.1 Å². The van der Waals surface area contributed by atoms with Gasteiger partial charge < -0.3 is 5.32 Å². The second-order valence-corrected chi connectivity index (χ2v) is 6.69. The first-order chi connectivity index (χ1) is 11.6. The van der Waals surface area contributed by atoms with E-state index in [1.807, 2.05) is 0 Å². The summed E-state index contributed by atoms with van der Waals surface area (Å²) in [5.74, 6) is 0.916. The minimum absolute atomic E-state index is 0.0334. The molecule has 0 spiro atoms. The van der Waals surface area contributed by atoms with Gasteiger partial charge in [-0.2, -0.15) is 0 Å². The maximum Gasteiger partial charge on any atom is 0.230 e. The molecule has 128 valence electrons. The van der Waals surface area contributed by atoms with E-state index in [0.29, 0.717) is 18.1 Å². The van der Waals surface area contributed by atoms with Crippen molar-refractivity contribution in [2.45, 2.75) is 39.0 Å². The zero-order valence-corrected chi connectivity index (χ0v) is 15.1. The largest absolute Gasteiger partial charge is 0.351 e. The summed E-state index contributed by atoms with van der Waals surface area (Å²) in [6, 6.07) is 12.9. The molecule has 0 radical (unpaired) electrons. The van der Waals surface area contributed by atoms with Gasteiger partial charge in [-0.05, 0) is 47.2 Å². The van der Waals surface area contributed by atoms with Gasteiger partial charge in [0.15, 0.2) is 0 Å². The normalized spacial score (nSPS) is 10.6. The molecule has 2 aromatic rings. The first-order valence-corrected chi connectivity index (χ1v) is 9.47. The third-order valence-corrected chi connectivity index (χ3v) is 4.95. The lowest BCUT2D eigenvalue weighted by molar-refractivity contribution is -0.118. The van der Waals surface area contributed by atoms with Crippen LogP contribution in [0.2, 0.25) is 0 Å². The number of halogens is 1. The molecule has 2 rings (SSSR count). The summed E-state index contributed by atoms with van der Waals surface area (Å²) in [6.07, 6.45) is 1.97. The predicted octanol–water partition coefficient (Wildman–Crippen LogP) is 4.50. The van der Waals surface area contributed by atoms with Gasteiger partial charge in [0.25, 0.3) is 0 Å². The van der Waals surface area contributed by atoms with E-state index in [1.54, 1.807) is 12.1 Å². The van der Waals surface area contributed by atoms with E-state index in [0.717, 1.165) is 18.4 Å². The van der Waals surface area contributed by atoms with Crippen LogP contribution in [0, 0.1) is 5.82 Å². The summed E-state index contributed by atoms with van der Waals surface area (Å²) in [7, 11) is 0. The number of benzene rings is 2. The number of rotatable bonds is 8. The van der Waals surface area contributed by atoms with Crippen LogP contribution in [0.15, 0.2) is 42.5 Å². The lowest BCUT2D eigenvalue weighted by Crippen LogP contribution is -2.25. The van der Waals surface area contributed by atoms with Crippen LogP contribution in [0.5, 0.6) is 0 Å². The second kappa shape index (κ2) is 9.48. The van der Waals surface area contributed by atoms with Gasteiger partial charge in [0.05, 0.1) is 5.75 Å². The van der Waals surface area contributed by atoms with E-state index >= 15 is 0 Å². The molecule has 0 fully saturated rings. The van der Waals surface area contributed by atoms with Gasteiger partial charge >= 0.3 is 0 Å². The number of nitrogens with one attached hydrogen (secondary N) is 1. The van der Waals surface area contributed by atoms with Gasteiger partial charge in [-0.3, -0.25) is 4.79 Å². The Morgan fingerprint density at radius 3 is 2.38 bits per heavy atom. The van der Waals surface area contributed by atoms with Crippen molar-refractivity contribution in [2.75, 3.05) is 5.75 Å². The van der Waals surface area contributed by atoms with Crippen molar-refractivity contribution in [3.05, 3.63) is 70.5 Å². The zero-order chi connectivity index (χ0) is 17.4. The highest BCUT2D eigenvalue weighted by atomic mass is 32.2. The number of carbonyl (C=O) groups is 1. The third kappa shape index (κ3) is 5.68. The summed E-state index contributed by atoms with van der Waals surface area (Å²) < 4.78 is 12.8. The molecule has 0 aliphatic carbocycles. The SMILES string of the molecule is CCc1ccc(CC)c(CNC(=O)CSCc2ccc(F)cc2)c1. The van der Waals surface area contributed by atoms with Crippen LogP contribution in [0.3, 0.4) is 0 Å². The van der Waals surface area contributed by atoms with Gasteiger partial charge in [-0.1, -0.05) is 44.2 Å². The molecule has 2 aromatic carbocycles. The van der Waals surface area contributed by atoms with Gasteiger partial charge in [-0.15, -0.1) is 11.8 Å². The Morgan fingerprint density at radius 2 is 1.71 bits per heavy atom. The van der Waals surface area contributed by atoms with Crippen LogP contribution < -0.4 is 5.32 Å². The molecule has 0 bridgehead atoms. The highest BCUT2D eigenvalue weighted by molar-refractivity contribution is 7.99. The summed E-state index contributed by atoms with van der Waals surface area (Å²) in [5, 5.41) is 3.00. The lowest BCUT2D eigenvalue weighted by atomic mass is 10.0. The Balaban J connectivity index is 1.79. The summed E-state index contributed by atoms with van der Waals surface area (Å²) in [5.41, 5.74) is 4.81. The third-order valence-electron chi connectivity index (χ3n) is 3.95. The molecule has 0 atom stereocenters. The molecule has 0 heterocycles. The van der Waals surface area contributed by atoms with Gasteiger partial charge in [0.1, 0.15) is 5.82 Å². The van der Waals surface area contributed by atoms with Crippen molar-refractivity contribution in [3.63, 3.8) is 0 Å². The van der Waals surface area contributed by atoms with Gasteiger partial charge in [0.2, 0.25) is 5.91 Å². The fourth-order valence-electron chi connectivity index (χ4n) is 2.50. The Morgan fingerprint density at radius 1 is 1.00 bits per heavy atom. The molecule has 24 heavy (non-hydrogen) atoms. The van der Waals surface area contributed by atoms with E-state index in [-0.39, 0.29) is 11.7 Å². The average molecular weight is 345 g/mol. The Bertz CT molecular complexity index is 670. The van der Waals surface area contributed by atoms with Crippen LogP contribution >= 0.6 is 11.8 Å². The van der Waals surface area contributed by atoms with E-state index in [9.17, 15) is 9.18 Å². The van der Waals surface area contributed by atoms with Gasteiger partial charge in [-0.25, -0.2) is 4.39 Å². The van der Waals surface area contributed by atoms with Crippen molar-refractivity contribution >= 4 is 17.7 Å². The Labute approximate surface area is 147 Å². The molecule has 0 aliphatic rings. The van der Waals surface area contributed by atoms with Crippen LogP contribution in [0.25, 0.3) is 0 Å². The number of aryl methyl sites for hydroxylation is 2. The summed E-state index contributed by atoms with van der Waals surface area (Å²) in [4.78, 5) is 12.0. The number of amides is 1. The van der Waals surface area contributed by atoms with E-state index in [4.69, 9.17) is 0 Å². The maximum absolute atomic E-state index is 12.8. The van der Waals surface area contributed by atoms with Crippen molar-refractivity contribution in [1.82, 2.24) is 5.32 Å². The highest BCUT2D eigenvalue weighted by Crippen LogP contribution is 2.15. The Hall–Kier alpha value is -1.81. The molecular weight excluding hydrogens is 321 g/mol. The van der Waals surface area contributed by atoms with Crippen LogP contribution in [0.1, 0.15) is 36.1 Å². The minimum Gasteiger partial charge on any atom is -0.351 e. The van der Waals surface area contributed by atoms with Gasteiger partial charge in [0, 0.05) is 12.3 Å². The fourth-order valence-corrected chi connectivity index (χ4v) is 3.31. The van der Waals surface area contributed by atoms with Crippen LogP contribution in [0.4, 0.5) is 4.39 Å². The molecule has 1 N–H and O–H groups in total. The molecule has 1 amide bonds. The molecule has 4 heteroatoms. The van der Waals surface area contributed by atoms with Crippen molar-refractivity contribution < 1.29 is 9.18 Å². The van der Waals surface area contributed by atoms with E-state index in [2.05, 4.69) is 37.4 Å². The minimum atomic E-state index is -0.234. The monoisotopic (exact) mass is 345 g/mol. The first-order valence-electron chi connectivity index (χ1n) is 8.32. The molecule has 0 unspecified atom stereocenters. The number of hydrogen-bond donors (Lipinski definition) is 1. The lowest BCUT2D eigenvalue weighted by Gasteiger charge is -2.11. The molecule has 0 aliphatic heterocycles. The maximum atomic E-state index is 12.8. The van der Waals surface area contributed by atoms with Crippen molar-refractivity contribution in [3.8, 4) is 0 Å². The van der Waals surface area contributed by atoms with Crippen molar-refractivity contribution in [1.29, 1.82) is 0 Å². The summed E-state index contributed by atoms with van der Waals surface area (Å²) >= 11 is 1.54. The first kappa shape index (κ1) is 18.5. The summed E-state index contributed by atoms with van der Waals surface area (Å²) in [6.45, 7) is 4.84. The molecule has 2 nitrogen and oxygen atoms in total. The Kier molecular flexibility index (Phi) is 7.32. The average Bonchev–Trinajstić information content (AvgIpc) is 2.61. The van der Waals surface area contributed by atoms with Crippen LogP contribution in [-0.4, -0.2) is 11.7 Å². The molecule has 0 saturated carbocycles. The number of carbonyl (C=O) groups excluding carboxylic acids is 1. The van der Waals surface area contributed by atoms with E-state index < -0.39 is 0 Å². The zero-order valence-electron chi connectivity index (χ0n) is 14.3. The predicted molar refractivity (Wildman–Crippen MR) is 99.6 cm³/mol. The smallest absolute Gasteiger partial charge is 0.230 e. The van der Waals surface area contributed by atoms with Crippen LogP contribution in [-0.2, 0) is 29.9 Å². The fraction of sp³-hybridized carbons (Fsp3) is 0.350.